The van der Waals surface area contributed by atoms with Gasteiger partial charge >= 0.3 is 5.97 Å². The summed E-state index contributed by atoms with van der Waals surface area (Å²) in [6.45, 7) is 9.19. The normalized spacial score (nSPS) is 11.2. The Morgan fingerprint density at radius 3 is 2.09 bits per heavy atom. The number of carboxylic acids is 1. The van der Waals surface area contributed by atoms with Crippen LogP contribution in [-0.4, -0.2) is 30.1 Å². The third kappa shape index (κ3) is 7.00. The zero-order chi connectivity index (χ0) is 17.4. The molecule has 0 aliphatic carbocycles. The monoisotopic (exact) mass is 320 g/mol. The molecule has 1 aromatic carbocycles. The van der Waals surface area contributed by atoms with E-state index in [1.807, 2.05) is 27.7 Å². The lowest BCUT2D eigenvalue weighted by Gasteiger charge is -2.16. The molecule has 0 aliphatic heterocycles. The van der Waals surface area contributed by atoms with E-state index in [1.54, 1.807) is 18.2 Å². The Morgan fingerprint density at radius 2 is 1.57 bits per heavy atom. The van der Waals surface area contributed by atoms with Crippen LogP contribution in [0, 0.1) is 11.8 Å². The molecule has 0 saturated carbocycles. The van der Waals surface area contributed by atoms with Crippen molar-refractivity contribution in [2.24, 2.45) is 11.8 Å². The van der Waals surface area contributed by atoms with E-state index in [9.17, 15) is 9.59 Å². The Morgan fingerprint density at radius 1 is 1.00 bits per heavy atom. The summed E-state index contributed by atoms with van der Waals surface area (Å²) in [5, 5.41) is 8.59. The van der Waals surface area contributed by atoms with Crippen LogP contribution in [0.5, 0.6) is 11.5 Å². The maximum absolute atomic E-state index is 12.0. The van der Waals surface area contributed by atoms with Gasteiger partial charge in [0.15, 0.2) is 17.3 Å². The van der Waals surface area contributed by atoms with Gasteiger partial charge < -0.3 is 14.6 Å². The van der Waals surface area contributed by atoms with E-state index in [4.69, 9.17) is 14.6 Å². The van der Waals surface area contributed by atoms with Crippen molar-refractivity contribution in [1.82, 2.24) is 0 Å². The van der Waals surface area contributed by atoms with Crippen molar-refractivity contribution in [2.45, 2.75) is 27.7 Å². The first kappa shape index (κ1) is 18.7. The van der Waals surface area contributed by atoms with Gasteiger partial charge in [-0.15, -0.1) is 0 Å². The predicted octanol–water partition coefficient (Wildman–Crippen LogP) is 3.58. The number of hydrogen-bond acceptors (Lipinski definition) is 4. The van der Waals surface area contributed by atoms with Crippen molar-refractivity contribution >= 4 is 11.8 Å². The van der Waals surface area contributed by atoms with E-state index in [0.29, 0.717) is 42.1 Å². The Hall–Kier alpha value is -2.30. The molecule has 0 unspecified atom stereocenters. The van der Waals surface area contributed by atoms with Crippen molar-refractivity contribution in [3.8, 4) is 11.5 Å². The topological polar surface area (TPSA) is 72.8 Å². The van der Waals surface area contributed by atoms with Gasteiger partial charge in [0.1, 0.15) is 0 Å². The van der Waals surface area contributed by atoms with Crippen molar-refractivity contribution in [3.63, 3.8) is 0 Å². The first-order valence-corrected chi connectivity index (χ1v) is 7.64. The van der Waals surface area contributed by atoms with Crippen molar-refractivity contribution in [2.75, 3.05) is 13.2 Å². The molecule has 0 atom stereocenters. The molecule has 1 rings (SSSR count). The molecular weight excluding hydrogens is 296 g/mol. The second-order valence-corrected chi connectivity index (χ2v) is 6.11. The SMILES string of the molecule is CC(C)COc1ccc(C(=O)/C=C/C(=O)O)cc1OCC(C)C. The summed E-state index contributed by atoms with van der Waals surface area (Å²) in [6.07, 6.45) is 1.85. The lowest BCUT2D eigenvalue weighted by atomic mass is 10.1. The summed E-state index contributed by atoms with van der Waals surface area (Å²) < 4.78 is 11.4. The van der Waals surface area contributed by atoms with Gasteiger partial charge in [-0.25, -0.2) is 4.79 Å². The first-order chi connectivity index (χ1) is 10.8. The van der Waals surface area contributed by atoms with Gasteiger partial charge in [-0.3, -0.25) is 4.79 Å². The minimum Gasteiger partial charge on any atom is -0.489 e. The number of ketones is 1. The Kier molecular flexibility index (Phi) is 7.32. The number of hydrogen-bond donors (Lipinski definition) is 1. The molecule has 0 bridgehead atoms. The summed E-state index contributed by atoms with van der Waals surface area (Å²) in [5.74, 6) is 0.225. The van der Waals surface area contributed by atoms with Gasteiger partial charge in [0.2, 0.25) is 0 Å². The highest BCUT2D eigenvalue weighted by Crippen LogP contribution is 2.29. The first-order valence-electron chi connectivity index (χ1n) is 7.64. The standard InChI is InChI=1S/C18H24O5/c1-12(2)10-22-16-7-5-14(15(19)6-8-18(20)21)9-17(16)23-11-13(3)4/h5-9,12-13H,10-11H2,1-4H3,(H,20,21)/b8-6+. The molecule has 0 radical (unpaired) electrons. The van der Waals surface area contributed by atoms with Gasteiger partial charge in [-0.2, -0.15) is 0 Å². The molecule has 0 fully saturated rings. The number of rotatable bonds is 9. The van der Waals surface area contributed by atoms with Crippen LogP contribution in [0.15, 0.2) is 30.4 Å². The highest BCUT2D eigenvalue weighted by atomic mass is 16.5. The number of carbonyl (C=O) groups excluding carboxylic acids is 1. The average Bonchev–Trinajstić information content (AvgIpc) is 2.48. The molecule has 0 amide bonds. The Labute approximate surface area is 136 Å². The van der Waals surface area contributed by atoms with Gasteiger partial charge in [-0.1, -0.05) is 27.7 Å². The van der Waals surface area contributed by atoms with Crippen molar-refractivity contribution in [3.05, 3.63) is 35.9 Å². The lowest BCUT2D eigenvalue weighted by molar-refractivity contribution is -0.131. The summed E-state index contributed by atoms with van der Waals surface area (Å²) in [5.41, 5.74) is 0.359. The maximum Gasteiger partial charge on any atom is 0.328 e. The van der Waals surface area contributed by atoms with Crippen LogP contribution in [0.3, 0.4) is 0 Å². The highest BCUT2D eigenvalue weighted by molar-refractivity contribution is 6.07. The van der Waals surface area contributed by atoms with Crippen LogP contribution >= 0.6 is 0 Å². The molecule has 1 aromatic rings. The van der Waals surface area contributed by atoms with E-state index >= 15 is 0 Å². The molecule has 1 N–H and O–H groups in total. The number of carbonyl (C=O) groups is 2. The zero-order valence-corrected chi connectivity index (χ0v) is 14.0. The molecule has 0 aromatic heterocycles. The second kappa shape index (κ2) is 8.98. The van der Waals surface area contributed by atoms with Gasteiger partial charge in [0, 0.05) is 11.6 Å². The summed E-state index contributed by atoms with van der Waals surface area (Å²) in [6, 6.07) is 4.87. The van der Waals surface area contributed by atoms with Crippen LogP contribution in [-0.2, 0) is 4.79 Å². The average molecular weight is 320 g/mol. The number of aliphatic carboxylic acids is 1. The summed E-state index contributed by atoms with van der Waals surface area (Å²) in [7, 11) is 0. The van der Waals surface area contributed by atoms with Gasteiger partial charge in [0.05, 0.1) is 13.2 Å². The van der Waals surface area contributed by atoms with E-state index in [2.05, 4.69) is 0 Å². The van der Waals surface area contributed by atoms with Crippen molar-refractivity contribution < 1.29 is 24.2 Å². The van der Waals surface area contributed by atoms with Crippen LogP contribution in [0.4, 0.5) is 0 Å². The zero-order valence-electron chi connectivity index (χ0n) is 14.0. The number of benzene rings is 1. The number of carboxylic acid groups (broad SMARTS) is 1. The minimum absolute atomic E-state index is 0.333. The van der Waals surface area contributed by atoms with Crippen LogP contribution in [0.25, 0.3) is 0 Å². The minimum atomic E-state index is -1.16. The van der Waals surface area contributed by atoms with Crippen LogP contribution < -0.4 is 9.47 Å². The number of allylic oxidation sites excluding steroid dienone is 1. The van der Waals surface area contributed by atoms with E-state index in [1.165, 1.54) is 0 Å². The maximum atomic E-state index is 12.0. The molecule has 126 valence electrons. The van der Waals surface area contributed by atoms with Crippen LogP contribution in [0.2, 0.25) is 0 Å². The fourth-order valence-corrected chi connectivity index (χ4v) is 1.65. The largest absolute Gasteiger partial charge is 0.489 e. The van der Waals surface area contributed by atoms with E-state index < -0.39 is 11.8 Å². The number of ether oxygens (including phenoxy) is 2. The highest BCUT2D eigenvalue weighted by Gasteiger charge is 2.12. The van der Waals surface area contributed by atoms with Crippen LogP contribution in [0.1, 0.15) is 38.1 Å². The summed E-state index contributed by atoms with van der Waals surface area (Å²) in [4.78, 5) is 22.5. The van der Waals surface area contributed by atoms with Gasteiger partial charge in [0.25, 0.3) is 0 Å². The molecule has 0 saturated heterocycles. The van der Waals surface area contributed by atoms with Crippen molar-refractivity contribution in [1.29, 1.82) is 0 Å². The predicted molar refractivity (Wildman–Crippen MR) is 88.2 cm³/mol. The molecule has 23 heavy (non-hydrogen) atoms. The summed E-state index contributed by atoms with van der Waals surface area (Å²) >= 11 is 0. The Balaban J connectivity index is 2.99. The molecule has 0 spiro atoms. The fourth-order valence-electron chi connectivity index (χ4n) is 1.65. The Bertz CT molecular complexity index is 573. The lowest BCUT2D eigenvalue weighted by Crippen LogP contribution is -2.09. The fraction of sp³-hybridized carbons (Fsp3) is 0.444. The smallest absolute Gasteiger partial charge is 0.328 e. The third-order valence-corrected chi connectivity index (χ3v) is 2.75. The molecule has 5 heteroatoms. The molecule has 0 heterocycles. The van der Waals surface area contributed by atoms with E-state index in [-0.39, 0.29) is 0 Å². The van der Waals surface area contributed by atoms with E-state index in [0.717, 1.165) is 12.2 Å². The third-order valence-electron chi connectivity index (χ3n) is 2.75. The molecule has 0 aliphatic rings. The van der Waals surface area contributed by atoms with Gasteiger partial charge in [-0.05, 0) is 36.1 Å². The quantitative estimate of drug-likeness (QED) is 0.556. The molecular formula is C18H24O5. The molecule has 5 nitrogen and oxygen atoms in total. The second-order valence-electron chi connectivity index (χ2n) is 6.11.